The van der Waals surface area contributed by atoms with Crippen LogP contribution in [0.1, 0.15) is 27.2 Å². The summed E-state index contributed by atoms with van der Waals surface area (Å²) < 4.78 is 6.89. The van der Waals surface area contributed by atoms with Gasteiger partial charge in [-0.15, -0.1) is 0 Å². The van der Waals surface area contributed by atoms with E-state index < -0.39 is 11.7 Å². The van der Waals surface area contributed by atoms with Gasteiger partial charge in [0.15, 0.2) is 5.82 Å². The van der Waals surface area contributed by atoms with Crippen LogP contribution in [-0.4, -0.2) is 39.5 Å². The second-order valence-corrected chi connectivity index (χ2v) is 6.03. The molecular weight excluding hydrogens is 294 g/mol. The number of alkyl carbamates (subject to hydrolysis) is 1. The predicted molar refractivity (Wildman–Crippen MR) is 88.7 cm³/mol. The van der Waals surface area contributed by atoms with Gasteiger partial charge in [-0.05, 0) is 45.4 Å². The van der Waals surface area contributed by atoms with E-state index in [-0.39, 0.29) is 0 Å². The van der Waals surface area contributed by atoms with E-state index in [9.17, 15) is 4.79 Å². The summed E-state index contributed by atoms with van der Waals surface area (Å²) in [6, 6.07) is 5.67. The minimum atomic E-state index is -0.475. The first-order valence-electron chi connectivity index (χ1n) is 7.61. The molecule has 0 atom stereocenters. The summed E-state index contributed by atoms with van der Waals surface area (Å²) in [6.07, 6.45) is 5.66. The fourth-order valence-corrected chi connectivity index (χ4v) is 1.93. The summed E-state index contributed by atoms with van der Waals surface area (Å²) in [5.74, 6) is 0.748. The van der Waals surface area contributed by atoms with E-state index in [1.807, 2.05) is 45.2 Å². The van der Waals surface area contributed by atoms with Crippen molar-refractivity contribution >= 4 is 11.8 Å². The summed E-state index contributed by atoms with van der Waals surface area (Å²) in [6.45, 7) is 6.77. The smallest absolute Gasteiger partial charge is 0.407 e. The molecule has 7 nitrogen and oxygen atoms in total. The molecule has 2 aromatic rings. The van der Waals surface area contributed by atoms with Gasteiger partial charge in [-0.25, -0.2) is 14.5 Å². The van der Waals surface area contributed by atoms with Crippen LogP contribution in [0.4, 0.5) is 10.5 Å². The Morgan fingerprint density at radius 3 is 2.78 bits per heavy atom. The monoisotopic (exact) mass is 317 g/mol. The number of pyridine rings is 1. The number of anilines is 1. The van der Waals surface area contributed by atoms with Crippen molar-refractivity contribution in [1.82, 2.24) is 20.1 Å². The lowest BCUT2D eigenvalue weighted by atomic mass is 10.2. The number of nitrogens with one attached hydrogen (secondary N) is 2. The van der Waals surface area contributed by atoms with Crippen LogP contribution in [-0.2, 0) is 4.74 Å². The normalized spacial score (nSPS) is 11.1. The molecular formula is C16H23N5O2. The summed E-state index contributed by atoms with van der Waals surface area (Å²) >= 11 is 0. The fourth-order valence-electron chi connectivity index (χ4n) is 1.93. The maximum atomic E-state index is 11.5. The van der Waals surface area contributed by atoms with Gasteiger partial charge in [-0.3, -0.25) is 0 Å². The third-order valence-electron chi connectivity index (χ3n) is 2.85. The molecule has 0 saturated heterocycles. The van der Waals surface area contributed by atoms with Crippen LogP contribution in [0.5, 0.6) is 0 Å². The number of carbonyl (C=O) groups excluding carboxylic acids is 1. The standard InChI is InChI=1S/C16H23N5O2/c1-16(2,3)23-15(22)19-10-5-9-17-13-7-4-8-18-14(13)21-12-6-11-20-21/h4,6-8,11-12,17H,5,9-10H2,1-3H3,(H,19,22). The van der Waals surface area contributed by atoms with E-state index in [0.29, 0.717) is 13.1 Å². The molecule has 124 valence electrons. The molecule has 0 aromatic carbocycles. The first-order valence-corrected chi connectivity index (χ1v) is 7.61. The Kier molecular flexibility index (Phi) is 5.56. The number of nitrogens with zero attached hydrogens (tertiary/aromatic N) is 3. The average molecular weight is 317 g/mol. The van der Waals surface area contributed by atoms with Gasteiger partial charge < -0.3 is 15.4 Å². The van der Waals surface area contributed by atoms with Gasteiger partial charge in [0.05, 0.1) is 5.69 Å². The molecule has 2 aromatic heterocycles. The zero-order chi connectivity index (χ0) is 16.7. The van der Waals surface area contributed by atoms with Crippen molar-refractivity contribution in [2.24, 2.45) is 0 Å². The van der Waals surface area contributed by atoms with Crippen molar-refractivity contribution in [2.75, 3.05) is 18.4 Å². The van der Waals surface area contributed by atoms with Crippen molar-refractivity contribution < 1.29 is 9.53 Å². The van der Waals surface area contributed by atoms with E-state index >= 15 is 0 Å². The minimum Gasteiger partial charge on any atom is -0.444 e. The molecule has 2 rings (SSSR count). The second kappa shape index (κ2) is 7.62. The van der Waals surface area contributed by atoms with Crippen LogP contribution >= 0.6 is 0 Å². The van der Waals surface area contributed by atoms with Crippen molar-refractivity contribution in [3.63, 3.8) is 0 Å². The maximum Gasteiger partial charge on any atom is 0.407 e. The number of ether oxygens (including phenoxy) is 1. The quantitative estimate of drug-likeness (QED) is 0.800. The Hall–Kier alpha value is -2.57. The number of hydrogen-bond donors (Lipinski definition) is 2. The second-order valence-electron chi connectivity index (χ2n) is 6.03. The molecule has 0 radical (unpaired) electrons. The fraction of sp³-hybridized carbons (Fsp3) is 0.438. The molecule has 2 N–H and O–H groups in total. The molecule has 23 heavy (non-hydrogen) atoms. The molecule has 0 bridgehead atoms. The van der Waals surface area contributed by atoms with Gasteiger partial charge in [0, 0.05) is 31.7 Å². The van der Waals surface area contributed by atoms with Gasteiger partial charge in [-0.1, -0.05) is 0 Å². The van der Waals surface area contributed by atoms with Crippen LogP contribution in [0.3, 0.4) is 0 Å². The van der Waals surface area contributed by atoms with Crippen molar-refractivity contribution in [2.45, 2.75) is 32.8 Å². The average Bonchev–Trinajstić information content (AvgIpc) is 2.99. The summed E-state index contributed by atoms with van der Waals surface area (Å²) in [5.41, 5.74) is 0.421. The SMILES string of the molecule is CC(C)(C)OC(=O)NCCCNc1cccnc1-n1cccn1. The van der Waals surface area contributed by atoms with E-state index in [1.54, 1.807) is 17.1 Å². The van der Waals surface area contributed by atoms with E-state index in [2.05, 4.69) is 20.7 Å². The van der Waals surface area contributed by atoms with Gasteiger partial charge in [0.25, 0.3) is 0 Å². The summed E-state index contributed by atoms with van der Waals surface area (Å²) in [7, 11) is 0. The number of carbonyl (C=O) groups is 1. The summed E-state index contributed by atoms with van der Waals surface area (Å²) in [5, 5.41) is 10.2. The maximum absolute atomic E-state index is 11.5. The van der Waals surface area contributed by atoms with Crippen molar-refractivity contribution in [3.8, 4) is 5.82 Å². The molecule has 0 saturated carbocycles. The molecule has 7 heteroatoms. The Labute approximate surface area is 136 Å². The van der Waals surface area contributed by atoms with Crippen LogP contribution in [0.25, 0.3) is 5.82 Å². The Bertz CT molecular complexity index is 620. The number of rotatable bonds is 6. The van der Waals surface area contributed by atoms with E-state index in [0.717, 1.165) is 17.9 Å². The minimum absolute atomic E-state index is 0.392. The van der Waals surface area contributed by atoms with Crippen LogP contribution in [0.2, 0.25) is 0 Å². The molecule has 0 aliphatic rings. The molecule has 0 unspecified atom stereocenters. The molecule has 0 aliphatic heterocycles. The van der Waals surface area contributed by atoms with Crippen LogP contribution < -0.4 is 10.6 Å². The third-order valence-corrected chi connectivity index (χ3v) is 2.85. The van der Waals surface area contributed by atoms with E-state index in [1.165, 1.54) is 0 Å². The zero-order valence-electron chi connectivity index (χ0n) is 13.7. The van der Waals surface area contributed by atoms with Crippen LogP contribution in [0.15, 0.2) is 36.8 Å². The molecule has 0 aliphatic carbocycles. The Morgan fingerprint density at radius 1 is 1.26 bits per heavy atom. The van der Waals surface area contributed by atoms with Gasteiger partial charge in [-0.2, -0.15) is 5.10 Å². The molecule has 0 spiro atoms. The lowest BCUT2D eigenvalue weighted by molar-refractivity contribution is 0.0528. The zero-order valence-corrected chi connectivity index (χ0v) is 13.7. The lowest BCUT2D eigenvalue weighted by Gasteiger charge is -2.19. The largest absolute Gasteiger partial charge is 0.444 e. The highest BCUT2D eigenvalue weighted by molar-refractivity contribution is 5.67. The van der Waals surface area contributed by atoms with Crippen molar-refractivity contribution in [1.29, 1.82) is 0 Å². The Morgan fingerprint density at radius 2 is 2.09 bits per heavy atom. The molecule has 1 amide bonds. The topological polar surface area (TPSA) is 81.1 Å². The highest BCUT2D eigenvalue weighted by atomic mass is 16.6. The van der Waals surface area contributed by atoms with Gasteiger partial charge >= 0.3 is 6.09 Å². The highest BCUT2D eigenvalue weighted by Gasteiger charge is 2.15. The number of amides is 1. The first-order chi connectivity index (χ1) is 11.0. The van der Waals surface area contributed by atoms with Gasteiger partial charge in [0.1, 0.15) is 5.60 Å². The van der Waals surface area contributed by atoms with Crippen molar-refractivity contribution in [3.05, 3.63) is 36.8 Å². The summed E-state index contributed by atoms with van der Waals surface area (Å²) in [4.78, 5) is 15.9. The van der Waals surface area contributed by atoms with E-state index in [4.69, 9.17) is 4.74 Å². The highest BCUT2D eigenvalue weighted by Crippen LogP contribution is 2.15. The number of hydrogen-bond acceptors (Lipinski definition) is 5. The van der Waals surface area contributed by atoms with Crippen LogP contribution in [0, 0.1) is 0 Å². The third kappa shape index (κ3) is 5.61. The number of aromatic nitrogens is 3. The first kappa shape index (κ1) is 16.8. The lowest BCUT2D eigenvalue weighted by Crippen LogP contribution is -2.33. The Balaban J connectivity index is 1.76. The molecule has 0 fully saturated rings. The van der Waals surface area contributed by atoms with Gasteiger partial charge in [0.2, 0.25) is 0 Å². The molecule has 2 heterocycles. The predicted octanol–water partition coefficient (Wildman–Crippen LogP) is 2.59.